The second-order valence-corrected chi connectivity index (χ2v) is 3.70. The van der Waals surface area contributed by atoms with Gasteiger partial charge in [-0.2, -0.15) is 0 Å². The van der Waals surface area contributed by atoms with E-state index >= 15 is 0 Å². The highest BCUT2D eigenvalue weighted by Gasteiger charge is 2.20. The molecule has 10 heavy (non-hydrogen) atoms. The lowest BCUT2D eigenvalue weighted by Crippen LogP contribution is -2.17. The predicted molar refractivity (Wildman–Crippen MR) is 47.8 cm³/mol. The highest BCUT2D eigenvalue weighted by Crippen LogP contribution is 2.33. The molecule has 56 valence electrons. The summed E-state index contributed by atoms with van der Waals surface area (Å²) < 4.78 is 0. The van der Waals surface area contributed by atoms with E-state index in [1.807, 2.05) is 18.1 Å². The number of nitrogens with zero attached hydrogens (tertiary/aromatic N) is 1. The number of rotatable bonds is 0. The maximum absolute atomic E-state index is 4.37. The fraction of sp³-hybridized carbons (Fsp3) is 0.500. The van der Waals surface area contributed by atoms with Crippen molar-refractivity contribution in [3.8, 4) is 0 Å². The Morgan fingerprint density at radius 2 is 2.10 bits per heavy atom. The third-order valence-corrected chi connectivity index (χ3v) is 2.40. The Labute approximate surface area is 67.8 Å². The maximum atomic E-state index is 4.37. The van der Waals surface area contributed by atoms with Crippen molar-refractivity contribution in [1.82, 2.24) is 4.90 Å². The van der Waals surface area contributed by atoms with Gasteiger partial charge < -0.3 is 4.90 Å². The van der Waals surface area contributed by atoms with Crippen molar-refractivity contribution in [2.45, 2.75) is 13.8 Å². The standard InChI is InChI=1S/C8H13NS/c1-8(2)4-5-9(3)6-7(8)10/h4-6,10H,1-3H3. The molecular formula is C8H13NS. The van der Waals surface area contributed by atoms with Crippen LogP contribution in [0, 0.1) is 5.41 Å². The molecule has 0 N–H and O–H groups in total. The molecule has 0 aromatic heterocycles. The minimum Gasteiger partial charge on any atom is -0.357 e. The highest BCUT2D eigenvalue weighted by atomic mass is 32.1. The molecule has 0 aromatic rings. The SMILES string of the molecule is CN1C=CC(C)(C)C(S)=C1. The molecule has 0 amide bonds. The van der Waals surface area contributed by atoms with Gasteiger partial charge in [0.2, 0.25) is 0 Å². The number of hydrogen-bond donors (Lipinski definition) is 1. The molecular weight excluding hydrogens is 142 g/mol. The molecule has 0 aromatic carbocycles. The van der Waals surface area contributed by atoms with Crippen molar-refractivity contribution in [2.75, 3.05) is 7.05 Å². The van der Waals surface area contributed by atoms with Crippen LogP contribution in [0.25, 0.3) is 0 Å². The van der Waals surface area contributed by atoms with E-state index in [0.717, 1.165) is 4.91 Å². The van der Waals surface area contributed by atoms with Gasteiger partial charge in [0, 0.05) is 29.8 Å². The number of allylic oxidation sites excluding steroid dienone is 2. The van der Waals surface area contributed by atoms with Crippen LogP contribution < -0.4 is 0 Å². The molecule has 1 aliphatic rings. The molecule has 0 saturated heterocycles. The first-order valence-electron chi connectivity index (χ1n) is 3.35. The topological polar surface area (TPSA) is 3.24 Å². The van der Waals surface area contributed by atoms with E-state index in [-0.39, 0.29) is 5.41 Å². The summed E-state index contributed by atoms with van der Waals surface area (Å²) in [6.45, 7) is 4.30. The summed E-state index contributed by atoms with van der Waals surface area (Å²) >= 11 is 4.37. The van der Waals surface area contributed by atoms with Crippen LogP contribution >= 0.6 is 12.6 Å². The first-order chi connectivity index (χ1) is 4.52. The molecule has 0 saturated carbocycles. The Hall–Kier alpha value is -0.370. The summed E-state index contributed by atoms with van der Waals surface area (Å²) in [6.07, 6.45) is 6.23. The van der Waals surface area contributed by atoms with Crippen LogP contribution in [0.5, 0.6) is 0 Å². The van der Waals surface area contributed by atoms with E-state index in [1.165, 1.54) is 0 Å². The molecule has 1 rings (SSSR count). The molecule has 0 bridgehead atoms. The smallest absolute Gasteiger partial charge is 0.0164 e. The van der Waals surface area contributed by atoms with Gasteiger partial charge >= 0.3 is 0 Å². The second-order valence-electron chi connectivity index (χ2n) is 3.22. The minimum absolute atomic E-state index is 0.121. The zero-order valence-electron chi connectivity index (χ0n) is 6.63. The maximum Gasteiger partial charge on any atom is 0.0164 e. The Morgan fingerprint density at radius 3 is 2.50 bits per heavy atom. The van der Waals surface area contributed by atoms with Crippen LogP contribution in [-0.4, -0.2) is 11.9 Å². The molecule has 0 spiro atoms. The molecule has 1 heterocycles. The van der Waals surface area contributed by atoms with Crippen LogP contribution in [0.15, 0.2) is 23.4 Å². The zero-order chi connectivity index (χ0) is 7.78. The number of hydrogen-bond acceptors (Lipinski definition) is 2. The largest absolute Gasteiger partial charge is 0.357 e. The van der Waals surface area contributed by atoms with Crippen LogP contribution in [0.2, 0.25) is 0 Å². The van der Waals surface area contributed by atoms with E-state index in [0.29, 0.717) is 0 Å². The minimum atomic E-state index is 0.121. The first kappa shape index (κ1) is 7.73. The van der Waals surface area contributed by atoms with Crippen molar-refractivity contribution < 1.29 is 0 Å². The van der Waals surface area contributed by atoms with Gasteiger partial charge in [-0.1, -0.05) is 19.9 Å². The summed E-state index contributed by atoms with van der Waals surface area (Å²) in [7, 11) is 2.00. The molecule has 0 atom stereocenters. The van der Waals surface area contributed by atoms with Crippen LogP contribution in [-0.2, 0) is 0 Å². The van der Waals surface area contributed by atoms with Crippen LogP contribution in [0.3, 0.4) is 0 Å². The lowest BCUT2D eigenvalue weighted by Gasteiger charge is -2.27. The van der Waals surface area contributed by atoms with Crippen molar-refractivity contribution in [2.24, 2.45) is 5.41 Å². The third-order valence-electron chi connectivity index (χ3n) is 1.71. The van der Waals surface area contributed by atoms with E-state index in [9.17, 15) is 0 Å². The highest BCUT2D eigenvalue weighted by molar-refractivity contribution is 7.84. The second kappa shape index (κ2) is 2.35. The molecule has 1 nitrogen and oxygen atoms in total. The lowest BCUT2D eigenvalue weighted by atomic mass is 9.92. The fourth-order valence-corrected chi connectivity index (χ4v) is 1.05. The third kappa shape index (κ3) is 1.37. The normalized spacial score (nSPS) is 22.8. The predicted octanol–water partition coefficient (Wildman–Crippen LogP) is 2.24. The molecule has 2 heteroatoms. The monoisotopic (exact) mass is 155 g/mol. The van der Waals surface area contributed by atoms with Gasteiger partial charge in [-0.15, -0.1) is 12.6 Å². The van der Waals surface area contributed by atoms with E-state index in [1.54, 1.807) is 0 Å². The van der Waals surface area contributed by atoms with Gasteiger partial charge in [0.05, 0.1) is 0 Å². The Balaban J connectivity index is 2.87. The van der Waals surface area contributed by atoms with Gasteiger partial charge in [0.25, 0.3) is 0 Å². The van der Waals surface area contributed by atoms with Crippen molar-refractivity contribution >= 4 is 12.6 Å². The van der Waals surface area contributed by atoms with Crippen molar-refractivity contribution in [3.63, 3.8) is 0 Å². The summed E-state index contributed by atoms with van der Waals surface area (Å²) in [5.74, 6) is 0. The summed E-state index contributed by atoms with van der Waals surface area (Å²) in [4.78, 5) is 3.12. The van der Waals surface area contributed by atoms with Gasteiger partial charge in [-0.3, -0.25) is 0 Å². The summed E-state index contributed by atoms with van der Waals surface area (Å²) in [5, 5.41) is 0. The fourth-order valence-electron chi connectivity index (χ4n) is 0.792. The van der Waals surface area contributed by atoms with Gasteiger partial charge in [0.1, 0.15) is 0 Å². The molecule has 0 aliphatic carbocycles. The average Bonchev–Trinajstić information content (AvgIpc) is 1.81. The quantitative estimate of drug-likeness (QED) is 0.525. The van der Waals surface area contributed by atoms with Gasteiger partial charge in [-0.25, -0.2) is 0 Å². The molecule has 0 fully saturated rings. The van der Waals surface area contributed by atoms with Gasteiger partial charge in [0.15, 0.2) is 0 Å². The van der Waals surface area contributed by atoms with Crippen molar-refractivity contribution in [3.05, 3.63) is 23.4 Å². The zero-order valence-corrected chi connectivity index (χ0v) is 7.52. The summed E-state index contributed by atoms with van der Waals surface area (Å²) in [5.41, 5.74) is 0.121. The van der Waals surface area contributed by atoms with Crippen LogP contribution in [0.1, 0.15) is 13.8 Å². The van der Waals surface area contributed by atoms with E-state index in [2.05, 4.69) is 38.8 Å². The summed E-state index contributed by atoms with van der Waals surface area (Å²) in [6, 6.07) is 0. The van der Waals surface area contributed by atoms with Crippen molar-refractivity contribution in [1.29, 1.82) is 0 Å². The Kier molecular flexibility index (Phi) is 1.82. The molecule has 1 aliphatic heterocycles. The van der Waals surface area contributed by atoms with E-state index < -0.39 is 0 Å². The van der Waals surface area contributed by atoms with Gasteiger partial charge in [-0.05, 0) is 0 Å². The Bertz CT molecular complexity index is 191. The first-order valence-corrected chi connectivity index (χ1v) is 3.80. The lowest BCUT2D eigenvalue weighted by molar-refractivity contribution is 0.520. The van der Waals surface area contributed by atoms with Crippen LogP contribution in [0.4, 0.5) is 0 Å². The Morgan fingerprint density at radius 1 is 1.50 bits per heavy atom. The molecule has 0 radical (unpaired) electrons. The molecule has 0 unspecified atom stereocenters. The number of thiol groups is 1. The van der Waals surface area contributed by atoms with E-state index in [4.69, 9.17) is 0 Å². The average molecular weight is 155 g/mol.